The van der Waals surface area contributed by atoms with Gasteiger partial charge in [-0.15, -0.1) is 0 Å². The third kappa shape index (κ3) is 4.17. The average molecular weight is 448 g/mol. The van der Waals surface area contributed by atoms with Crippen molar-refractivity contribution in [3.05, 3.63) is 66.5 Å². The molecule has 4 rings (SSSR count). The lowest BCUT2D eigenvalue weighted by molar-refractivity contribution is -0.137. The minimum Gasteiger partial charge on any atom is -0.496 e. The van der Waals surface area contributed by atoms with Gasteiger partial charge in [-0.05, 0) is 42.5 Å². The first-order chi connectivity index (χ1) is 14.7. The number of ether oxygens (including phenoxy) is 1. The van der Waals surface area contributed by atoms with E-state index in [0.717, 1.165) is 23.6 Å². The monoisotopic (exact) mass is 448 g/mol. The number of pyridine rings is 1. The third-order valence-electron chi connectivity index (χ3n) is 4.53. The molecule has 0 aliphatic rings. The summed E-state index contributed by atoms with van der Waals surface area (Å²) in [6.07, 6.45) is -1.48. The summed E-state index contributed by atoms with van der Waals surface area (Å²) >= 11 is 0. The van der Waals surface area contributed by atoms with E-state index in [-0.39, 0.29) is 10.6 Å². The molecule has 2 aromatic carbocycles. The highest BCUT2D eigenvalue weighted by Crippen LogP contribution is 2.34. The van der Waals surface area contributed by atoms with Crippen molar-refractivity contribution in [1.82, 2.24) is 15.2 Å². The molecule has 0 unspecified atom stereocenters. The molecule has 0 amide bonds. The maximum atomic E-state index is 12.9. The van der Waals surface area contributed by atoms with Crippen molar-refractivity contribution in [2.45, 2.75) is 11.1 Å². The molecule has 4 aromatic rings. The minimum absolute atomic E-state index is 0.145. The molecule has 2 aromatic heterocycles. The Morgan fingerprint density at radius 2 is 1.87 bits per heavy atom. The van der Waals surface area contributed by atoms with Crippen LogP contribution in [0.3, 0.4) is 0 Å². The van der Waals surface area contributed by atoms with Crippen molar-refractivity contribution in [1.29, 1.82) is 0 Å². The molecular weight excluding hydrogens is 433 g/mol. The van der Waals surface area contributed by atoms with Crippen molar-refractivity contribution >= 4 is 26.7 Å². The number of benzene rings is 2. The van der Waals surface area contributed by atoms with Gasteiger partial charge in [0, 0.05) is 28.4 Å². The quantitative estimate of drug-likeness (QED) is 0.470. The van der Waals surface area contributed by atoms with Crippen LogP contribution in [0, 0.1) is 0 Å². The standard InChI is InChI=1S/C20H15F3N4O3S/c1-30-18-6-5-16(9-17(18)12-7-13-11-25-26-19(13)24-10-12)31(28,29)27-15-4-2-3-14(8-15)20(21,22)23/h2-11,27H,1H3,(H,24,25,26). The number of aromatic amines is 1. The normalized spacial score (nSPS) is 12.1. The van der Waals surface area contributed by atoms with Crippen LogP contribution >= 0.6 is 0 Å². The van der Waals surface area contributed by atoms with E-state index in [1.165, 1.54) is 37.6 Å². The Hall–Kier alpha value is -3.60. The smallest absolute Gasteiger partial charge is 0.416 e. The second kappa shape index (κ2) is 7.58. The highest BCUT2D eigenvalue weighted by atomic mass is 32.2. The maximum absolute atomic E-state index is 12.9. The van der Waals surface area contributed by atoms with Crippen molar-refractivity contribution in [2.75, 3.05) is 11.8 Å². The van der Waals surface area contributed by atoms with E-state index >= 15 is 0 Å². The summed E-state index contributed by atoms with van der Waals surface area (Å²) in [5.74, 6) is 0.405. The van der Waals surface area contributed by atoms with Gasteiger partial charge in [0.1, 0.15) is 5.75 Å². The van der Waals surface area contributed by atoms with E-state index < -0.39 is 21.8 Å². The predicted octanol–water partition coefficient (Wildman–Crippen LogP) is 4.45. The van der Waals surface area contributed by atoms with E-state index in [4.69, 9.17) is 4.74 Å². The zero-order valence-corrected chi connectivity index (χ0v) is 16.8. The van der Waals surface area contributed by atoms with E-state index in [2.05, 4.69) is 19.9 Å². The molecule has 31 heavy (non-hydrogen) atoms. The summed E-state index contributed by atoms with van der Waals surface area (Å²) in [6, 6.07) is 9.89. The van der Waals surface area contributed by atoms with Crippen LogP contribution in [0.5, 0.6) is 5.75 Å². The number of hydrogen-bond donors (Lipinski definition) is 2. The lowest BCUT2D eigenvalue weighted by Crippen LogP contribution is -2.14. The Morgan fingerprint density at radius 1 is 1.06 bits per heavy atom. The van der Waals surface area contributed by atoms with Gasteiger partial charge in [-0.25, -0.2) is 13.4 Å². The Kier molecular flexibility index (Phi) is 5.05. The minimum atomic E-state index is -4.59. The molecular formula is C20H15F3N4O3S. The van der Waals surface area contributed by atoms with E-state index in [9.17, 15) is 21.6 Å². The Bertz CT molecular complexity index is 1370. The van der Waals surface area contributed by atoms with E-state index in [1.807, 2.05) is 0 Å². The number of H-pyrrole nitrogens is 1. The first kappa shape index (κ1) is 20.7. The second-order valence-electron chi connectivity index (χ2n) is 6.58. The molecule has 0 aliphatic heterocycles. The van der Waals surface area contributed by atoms with E-state index in [1.54, 1.807) is 12.3 Å². The number of halogens is 3. The number of alkyl halides is 3. The lowest BCUT2D eigenvalue weighted by atomic mass is 10.1. The summed E-state index contributed by atoms with van der Waals surface area (Å²) < 4.78 is 72.0. The summed E-state index contributed by atoms with van der Waals surface area (Å²) in [4.78, 5) is 4.09. The van der Waals surface area contributed by atoms with Gasteiger partial charge < -0.3 is 4.74 Å². The van der Waals surface area contributed by atoms with Gasteiger partial charge in [-0.2, -0.15) is 18.3 Å². The topological polar surface area (TPSA) is 97.0 Å². The molecule has 0 atom stereocenters. The number of nitrogens with zero attached hydrogens (tertiary/aromatic N) is 2. The number of fused-ring (bicyclic) bond motifs is 1. The van der Waals surface area contributed by atoms with Crippen LogP contribution in [-0.4, -0.2) is 30.7 Å². The van der Waals surface area contributed by atoms with Gasteiger partial charge in [-0.1, -0.05) is 6.07 Å². The van der Waals surface area contributed by atoms with Crippen LogP contribution in [0.4, 0.5) is 18.9 Å². The number of aromatic nitrogens is 3. The van der Waals surface area contributed by atoms with Crippen LogP contribution in [-0.2, 0) is 16.2 Å². The fourth-order valence-electron chi connectivity index (χ4n) is 3.04. The van der Waals surface area contributed by atoms with Gasteiger partial charge in [0.15, 0.2) is 5.65 Å². The molecule has 11 heteroatoms. The zero-order chi connectivity index (χ0) is 22.2. The van der Waals surface area contributed by atoms with Crippen LogP contribution in [0.15, 0.2) is 65.8 Å². The van der Waals surface area contributed by atoms with Gasteiger partial charge in [0.25, 0.3) is 10.0 Å². The average Bonchev–Trinajstić information content (AvgIpc) is 3.20. The fraction of sp³-hybridized carbons (Fsp3) is 0.100. The highest BCUT2D eigenvalue weighted by molar-refractivity contribution is 7.92. The van der Waals surface area contributed by atoms with Crippen molar-refractivity contribution in [3.63, 3.8) is 0 Å². The second-order valence-corrected chi connectivity index (χ2v) is 8.26. The molecule has 0 saturated carbocycles. The lowest BCUT2D eigenvalue weighted by Gasteiger charge is -2.14. The van der Waals surface area contributed by atoms with Crippen molar-refractivity contribution in [2.24, 2.45) is 0 Å². The molecule has 0 spiro atoms. The van der Waals surface area contributed by atoms with Crippen LogP contribution in [0.2, 0.25) is 0 Å². The van der Waals surface area contributed by atoms with Gasteiger partial charge in [0.05, 0.1) is 23.8 Å². The highest BCUT2D eigenvalue weighted by Gasteiger charge is 2.30. The SMILES string of the molecule is COc1ccc(S(=O)(=O)Nc2cccc(C(F)(F)F)c2)cc1-c1cnc2[nH]ncc2c1. The number of sulfonamides is 1. The Labute approximate surface area is 174 Å². The molecule has 7 nitrogen and oxygen atoms in total. The number of hydrogen-bond acceptors (Lipinski definition) is 5. The summed E-state index contributed by atoms with van der Waals surface area (Å²) in [5, 5.41) is 7.35. The van der Waals surface area contributed by atoms with Gasteiger partial charge in [0.2, 0.25) is 0 Å². The Balaban J connectivity index is 1.73. The molecule has 0 fully saturated rings. The van der Waals surface area contributed by atoms with E-state index in [0.29, 0.717) is 22.5 Å². The molecule has 0 saturated heterocycles. The van der Waals surface area contributed by atoms with Crippen LogP contribution < -0.4 is 9.46 Å². The van der Waals surface area contributed by atoms with Crippen molar-refractivity contribution in [3.8, 4) is 16.9 Å². The van der Waals surface area contributed by atoms with Gasteiger partial charge >= 0.3 is 6.18 Å². The summed E-state index contributed by atoms with van der Waals surface area (Å²) in [5.41, 5.74) is 0.445. The molecule has 2 heterocycles. The van der Waals surface area contributed by atoms with Gasteiger partial charge in [-0.3, -0.25) is 9.82 Å². The predicted molar refractivity (Wildman–Crippen MR) is 108 cm³/mol. The third-order valence-corrected chi connectivity index (χ3v) is 5.90. The summed E-state index contributed by atoms with van der Waals surface area (Å²) in [7, 11) is -2.73. The van der Waals surface area contributed by atoms with Crippen LogP contribution in [0.1, 0.15) is 5.56 Å². The van der Waals surface area contributed by atoms with Crippen molar-refractivity contribution < 1.29 is 26.3 Å². The van der Waals surface area contributed by atoms with Crippen LogP contribution in [0.25, 0.3) is 22.2 Å². The first-order valence-electron chi connectivity index (χ1n) is 8.85. The maximum Gasteiger partial charge on any atom is 0.416 e. The number of rotatable bonds is 5. The summed E-state index contributed by atoms with van der Waals surface area (Å²) in [6.45, 7) is 0. The first-order valence-corrected chi connectivity index (χ1v) is 10.3. The molecule has 0 radical (unpaired) electrons. The molecule has 160 valence electrons. The number of methoxy groups -OCH3 is 1. The molecule has 0 bridgehead atoms. The molecule has 0 aliphatic carbocycles. The largest absolute Gasteiger partial charge is 0.496 e. The Morgan fingerprint density at radius 3 is 2.61 bits per heavy atom. The number of nitrogens with one attached hydrogen (secondary N) is 2. The fourth-order valence-corrected chi connectivity index (χ4v) is 4.11. The number of anilines is 1. The zero-order valence-electron chi connectivity index (χ0n) is 15.9. The molecule has 2 N–H and O–H groups in total.